The third-order valence-electron chi connectivity index (χ3n) is 6.00. The molecule has 0 saturated heterocycles. The van der Waals surface area contributed by atoms with Crippen molar-refractivity contribution in [2.75, 3.05) is 0 Å². The first-order valence-corrected chi connectivity index (χ1v) is 10.6. The van der Waals surface area contributed by atoms with Crippen molar-refractivity contribution in [2.24, 2.45) is 5.41 Å². The van der Waals surface area contributed by atoms with E-state index in [1.165, 1.54) is 53.5 Å². The molecule has 0 bridgehead atoms. The number of benzene rings is 2. The van der Waals surface area contributed by atoms with E-state index in [9.17, 15) is 0 Å². The fourth-order valence-electron chi connectivity index (χ4n) is 4.81. The summed E-state index contributed by atoms with van der Waals surface area (Å²) in [5, 5.41) is 0. The van der Waals surface area contributed by atoms with Crippen LogP contribution in [0.4, 0.5) is 0 Å². The fraction of sp³-hybridized carbons (Fsp3) is 0.0400. The minimum absolute atomic E-state index is 0.327. The number of rotatable bonds is 0. The van der Waals surface area contributed by atoms with Crippen LogP contribution in [0, 0.1) is 5.41 Å². The average molecular weight is 474 g/mol. The molecule has 0 N–H and O–H groups in total. The van der Waals surface area contributed by atoms with E-state index in [1.807, 2.05) is 0 Å². The molecule has 0 radical (unpaired) electrons. The van der Waals surface area contributed by atoms with Crippen LogP contribution in [-0.4, -0.2) is 0 Å². The molecule has 0 atom stereocenters. The van der Waals surface area contributed by atoms with E-state index in [0.29, 0.717) is 0 Å². The molecule has 128 valence electrons. The van der Waals surface area contributed by atoms with E-state index in [1.54, 1.807) is 0 Å². The van der Waals surface area contributed by atoms with Gasteiger partial charge in [0, 0.05) is 8.96 Å². The highest BCUT2D eigenvalue weighted by Crippen LogP contribution is 2.66. The van der Waals surface area contributed by atoms with E-state index < -0.39 is 0 Å². The van der Waals surface area contributed by atoms with Crippen molar-refractivity contribution < 1.29 is 0 Å². The minimum Gasteiger partial charge on any atom is -0.0616 e. The number of halogens is 2. The number of hydrogen-bond acceptors (Lipinski definition) is 0. The lowest BCUT2D eigenvalue weighted by atomic mass is 9.65. The Morgan fingerprint density at radius 1 is 0.556 bits per heavy atom. The molecule has 0 nitrogen and oxygen atoms in total. The predicted octanol–water partition coefficient (Wildman–Crippen LogP) is 7.52. The van der Waals surface area contributed by atoms with Gasteiger partial charge in [0.1, 0.15) is 0 Å². The van der Waals surface area contributed by atoms with Crippen LogP contribution in [0.5, 0.6) is 0 Å². The molecule has 0 fully saturated rings. The Balaban J connectivity index is 1.66. The van der Waals surface area contributed by atoms with Crippen molar-refractivity contribution in [2.45, 2.75) is 0 Å². The van der Waals surface area contributed by atoms with Gasteiger partial charge in [0.15, 0.2) is 0 Å². The molecule has 0 amide bonds. The van der Waals surface area contributed by atoms with Gasteiger partial charge < -0.3 is 0 Å². The molecule has 0 aromatic heterocycles. The van der Waals surface area contributed by atoms with Crippen LogP contribution < -0.4 is 0 Å². The van der Waals surface area contributed by atoms with Crippen molar-refractivity contribution in [1.29, 1.82) is 0 Å². The van der Waals surface area contributed by atoms with Crippen LogP contribution in [0.3, 0.4) is 0 Å². The van der Waals surface area contributed by atoms with E-state index in [2.05, 4.69) is 117 Å². The first-order chi connectivity index (χ1) is 13.2. The van der Waals surface area contributed by atoms with Gasteiger partial charge in [-0.25, -0.2) is 0 Å². The number of allylic oxidation sites excluding steroid dienone is 10. The highest BCUT2D eigenvalue weighted by atomic mass is 79.9. The molecule has 2 aromatic carbocycles. The Labute approximate surface area is 175 Å². The summed E-state index contributed by atoms with van der Waals surface area (Å²) in [6, 6.07) is 17.3. The molecule has 2 aromatic rings. The molecule has 0 aliphatic heterocycles. The normalized spacial score (nSPS) is 20.4. The van der Waals surface area contributed by atoms with E-state index >= 15 is 0 Å². The Kier molecular flexibility index (Phi) is 3.19. The zero-order valence-corrected chi connectivity index (χ0v) is 17.5. The lowest BCUT2D eigenvalue weighted by molar-refractivity contribution is 0.732. The van der Waals surface area contributed by atoms with Crippen LogP contribution in [0.25, 0.3) is 23.3 Å². The van der Waals surface area contributed by atoms with Crippen molar-refractivity contribution in [3.8, 4) is 0 Å². The SMILES string of the molecule is BrC1=CC=C2C(=Cc3ccccc32)C12C(Br)=CC=C1C2=Cc2ccccc21. The van der Waals surface area contributed by atoms with Crippen molar-refractivity contribution >= 4 is 55.2 Å². The van der Waals surface area contributed by atoms with Crippen molar-refractivity contribution in [3.05, 3.63) is 115 Å². The van der Waals surface area contributed by atoms with E-state index in [0.717, 1.165) is 0 Å². The molecule has 27 heavy (non-hydrogen) atoms. The van der Waals surface area contributed by atoms with Crippen LogP contribution in [0.1, 0.15) is 22.3 Å². The summed E-state index contributed by atoms with van der Waals surface area (Å²) in [6.07, 6.45) is 13.6. The summed E-state index contributed by atoms with van der Waals surface area (Å²) in [5.74, 6) is 0. The second kappa shape index (κ2) is 5.43. The Hall–Kier alpha value is -2.16. The molecular weight excluding hydrogens is 460 g/mol. The zero-order chi connectivity index (χ0) is 18.2. The van der Waals surface area contributed by atoms with Crippen molar-refractivity contribution in [1.82, 2.24) is 0 Å². The van der Waals surface area contributed by atoms with Gasteiger partial charge in [-0.05, 0) is 68.9 Å². The molecule has 4 aliphatic carbocycles. The van der Waals surface area contributed by atoms with Crippen LogP contribution in [0.15, 0.2) is 92.9 Å². The van der Waals surface area contributed by atoms with Gasteiger partial charge in [-0.1, -0.05) is 92.5 Å². The lowest BCUT2D eigenvalue weighted by Crippen LogP contribution is -2.30. The first kappa shape index (κ1) is 15.9. The largest absolute Gasteiger partial charge is 0.0844 e. The fourth-order valence-corrected chi connectivity index (χ4v) is 6.62. The Bertz CT molecular complexity index is 1130. The topological polar surface area (TPSA) is 0 Å². The summed E-state index contributed by atoms with van der Waals surface area (Å²) in [5.41, 5.74) is 10.2. The quantitative estimate of drug-likeness (QED) is 0.371. The van der Waals surface area contributed by atoms with Gasteiger partial charge in [-0.15, -0.1) is 0 Å². The van der Waals surface area contributed by atoms with E-state index in [4.69, 9.17) is 0 Å². The third-order valence-corrected chi connectivity index (χ3v) is 7.72. The first-order valence-electron chi connectivity index (χ1n) is 9.01. The number of fused-ring (bicyclic) bond motifs is 8. The third kappa shape index (κ3) is 1.88. The highest BCUT2D eigenvalue weighted by molar-refractivity contribution is 9.12. The van der Waals surface area contributed by atoms with Gasteiger partial charge >= 0.3 is 0 Å². The highest BCUT2D eigenvalue weighted by Gasteiger charge is 2.51. The van der Waals surface area contributed by atoms with E-state index in [-0.39, 0.29) is 5.41 Å². The predicted molar refractivity (Wildman–Crippen MR) is 121 cm³/mol. The maximum absolute atomic E-state index is 3.95. The molecule has 0 heterocycles. The maximum atomic E-state index is 3.95. The van der Waals surface area contributed by atoms with Gasteiger partial charge in [-0.2, -0.15) is 0 Å². The minimum atomic E-state index is -0.327. The summed E-state index contributed by atoms with van der Waals surface area (Å²) in [4.78, 5) is 0. The van der Waals surface area contributed by atoms with Crippen molar-refractivity contribution in [3.63, 3.8) is 0 Å². The second-order valence-electron chi connectivity index (χ2n) is 7.23. The summed E-state index contributed by atoms with van der Waals surface area (Å²) in [7, 11) is 0. The van der Waals surface area contributed by atoms with Crippen LogP contribution in [0.2, 0.25) is 0 Å². The molecular formula is C25H14Br2. The second-order valence-corrected chi connectivity index (χ2v) is 8.94. The average Bonchev–Trinajstić information content (AvgIpc) is 3.25. The summed E-state index contributed by atoms with van der Waals surface area (Å²) in [6.45, 7) is 0. The Morgan fingerprint density at radius 2 is 1.00 bits per heavy atom. The maximum Gasteiger partial charge on any atom is 0.0844 e. The molecule has 2 heteroatoms. The van der Waals surface area contributed by atoms with Gasteiger partial charge in [0.25, 0.3) is 0 Å². The zero-order valence-electron chi connectivity index (χ0n) is 14.3. The van der Waals surface area contributed by atoms with Crippen LogP contribution >= 0.6 is 31.9 Å². The van der Waals surface area contributed by atoms with Gasteiger partial charge in [0.05, 0.1) is 5.41 Å². The van der Waals surface area contributed by atoms with Gasteiger partial charge in [-0.3, -0.25) is 0 Å². The smallest absolute Gasteiger partial charge is 0.0616 e. The van der Waals surface area contributed by atoms with Crippen LogP contribution in [-0.2, 0) is 0 Å². The standard InChI is InChI=1S/C25H14Br2/c26-23-11-9-19-17-7-3-1-5-15(17)13-21(19)25(23)22-14-16-6-2-4-8-18(16)20(22)10-12-24(25)27/h1-14H. The summed E-state index contributed by atoms with van der Waals surface area (Å²) >= 11 is 7.89. The lowest BCUT2D eigenvalue weighted by Gasteiger charge is -2.42. The Morgan fingerprint density at radius 3 is 1.48 bits per heavy atom. The number of hydrogen-bond donors (Lipinski definition) is 0. The molecule has 4 aliphatic rings. The molecule has 6 rings (SSSR count). The molecule has 0 unspecified atom stereocenters. The molecule has 1 spiro atoms. The van der Waals surface area contributed by atoms with Gasteiger partial charge in [0.2, 0.25) is 0 Å². The molecule has 0 saturated carbocycles. The monoisotopic (exact) mass is 472 g/mol. The summed E-state index contributed by atoms with van der Waals surface area (Å²) < 4.78 is 2.34.